The molecule has 7 nitrogen and oxygen atoms in total. The summed E-state index contributed by atoms with van der Waals surface area (Å²) in [6, 6.07) is 19.1. The van der Waals surface area contributed by atoms with E-state index in [2.05, 4.69) is 0 Å². The number of esters is 1. The Morgan fingerprint density at radius 3 is 2.54 bits per heavy atom. The summed E-state index contributed by atoms with van der Waals surface area (Å²) in [5.74, 6) is -0.00227. The van der Waals surface area contributed by atoms with E-state index in [-0.39, 0.29) is 22.5 Å². The maximum atomic E-state index is 12.9. The van der Waals surface area contributed by atoms with Crippen LogP contribution in [0.5, 0.6) is 11.5 Å². The van der Waals surface area contributed by atoms with Crippen molar-refractivity contribution in [2.45, 2.75) is 6.92 Å². The first-order valence-electron chi connectivity index (χ1n) is 10.7. The number of ether oxygens (including phenoxy) is 2. The molecule has 174 valence electrons. The highest BCUT2D eigenvalue weighted by atomic mass is 35.5. The van der Waals surface area contributed by atoms with E-state index in [1.54, 1.807) is 54.6 Å². The van der Waals surface area contributed by atoms with E-state index in [9.17, 15) is 14.4 Å². The third-order valence-electron chi connectivity index (χ3n) is 5.30. The van der Waals surface area contributed by atoms with E-state index in [4.69, 9.17) is 29.9 Å². The van der Waals surface area contributed by atoms with Crippen molar-refractivity contribution in [2.24, 2.45) is 0 Å². The number of rotatable bonds is 5. The van der Waals surface area contributed by atoms with Gasteiger partial charge in [0, 0.05) is 33.5 Å². The Kier molecular flexibility index (Phi) is 5.84. The summed E-state index contributed by atoms with van der Waals surface area (Å²) in [5, 5.41) is 1.51. The molecule has 0 bridgehead atoms. The molecule has 0 spiro atoms. The van der Waals surface area contributed by atoms with E-state index in [0.29, 0.717) is 39.3 Å². The molecular weight excluding hydrogens is 472 g/mol. The quantitative estimate of drug-likeness (QED) is 0.174. The lowest BCUT2D eigenvalue weighted by Gasteiger charge is -2.10. The summed E-state index contributed by atoms with van der Waals surface area (Å²) in [5.41, 5.74) is -0.0411. The minimum absolute atomic E-state index is 0.145. The number of fused-ring (bicyclic) bond motifs is 2. The lowest BCUT2D eigenvalue weighted by atomic mass is 10.0. The first kappa shape index (κ1) is 22.4. The minimum atomic E-state index is -0.673. The molecule has 0 radical (unpaired) electrons. The highest BCUT2D eigenvalue weighted by Gasteiger charge is 2.17. The van der Waals surface area contributed by atoms with Gasteiger partial charge in [-0.1, -0.05) is 29.8 Å². The van der Waals surface area contributed by atoms with Crippen LogP contribution >= 0.6 is 11.6 Å². The van der Waals surface area contributed by atoms with Crippen LogP contribution in [-0.2, 0) is 0 Å². The summed E-state index contributed by atoms with van der Waals surface area (Å²) in [6.45, 7) is 2.25. The van der Waals surface area contributed by atoms with E-state index < -0.39 is 17.2 Å². The summed E-state index contributed by atoms with van der Waals surface area (Å²) in [6.07, 6.45) is 0. The fourth-order valence-corrected chi connectivity index (χ4v) is 3.98. The molecular formula is C27H17ClO7. The Hall–Kier alpha value is -4.36. The van der Waals surface area contributed by atoms with Gasteiger partial charge in [0.1, 0.15) is 11.3 Å². The minimum Gasteiger partial charge on any atom is -0.490 e. The van der Waals surface area contributed by atoms with Crippen molar-refractivity contribution in [1.29, 1.82) is 0 Å². The van der Waals surface area contributed by atoms with Gasteiger partial charge < -0.3 is 18.3 Å². The summed E-state index contributed by atoms with van der Waals surface area (Å²) in [4.78, 5) is 37.7. The van der Waals surface area contributed by atoms with Crippen LogP contribution in [0.3, 0.4) is 0 Å². The predicted molar refractivity (Wildman–Crippen MR) is 132 cm³/mol. The topological polar surface area (TPSA) is 96.0 Å². The lowest BCUT2D eigenvalue weighted by molar-refractivity contribution is 0.0735. The average Bonchev–Trinajstić information content (AvgIpc) is 2.83. The SMILES string of the molecule is CCOc1cccc2cc(-c3cc(=O)oc4cc(OC(=O)c5cccc(Cl)c5)ccc34)c(=O)oc12. The predicted octanol–water partition coefficient (Wildman–Crippen LogP) is 5.84. The first-order valence-corrected chi connectivity index (χ1v) is 11.1. The van der Waals surface area contributed by atoms with Crippen molar-refractivity contribution < 1.29 is 23.1 Å². The highest BCUT2D eigenvalue weighted by Crippen LogP contribution is 2.32. The van der Waals surface area contributed by atoms with Crippen LogP contribution < -0.4 is 20.7 Å². The molecule has 5 rings (SSSR count). The second-order valence-corrected chi connectivity index (χ2v) is 8.03. The second kappa shape index (κ2) is 9.12. The summed E-state index contributed by atoms with van der Waals surface area (Å²) in [7, 11) is 0. The number of carbonyl (C=O) groups excluding carboxylic acids is 1. The van der Waals surface area contributed by atoms with Gasteiger partial charge in [0.05, 0.1) is 17.7 Å². The number of benzene rings is 3. The smallest absolute Gasteiger partial charge is 0.344 e. The van der Waals surface area contributed by atoms with Gasteiger partial charge in [-0.15, -0.1) is 0 Å². The van der Waals surface area contributed by atoms with Crippen molar-refractivity contribution in [2.75, 3.05) is 6.61 Å². The summed E-state index contributed by atoms with van der Waals surface area (Å²) < 4.78 is 21.8. The van der Waals surface area contributed by atoms with Crippen molar-refractivity contribution in [1.82, 2.24) is 0 Å². The molecule has 0 saturated heterocycles. The van der Waals surface area contributed by atoms with Gasteiger partial charge in [0.25, 0.3) is 0 Å². The van der Waals surface area contributed by atoms with E-state index >= 15 is 0 Å². The zero-order valence-electron chi connectivity index (χ0n) is 18.4. The van der Waals surface area contributed by atoms with E-state index in [0.717, 1.165) is 0 Å². The zero-order chi connectivity index (χ0) is 24.5. The molecule has 0 aliphatic rings. The van der Waals surface area contributed by atoms with Gasteiger partial charge in [0.15, 0.2) is 11.3 Å². The van der Waals surface area contributed by atoms with Crippen LogP contribution in [0.1, 0.15) is 17.3 Å². The monoisotopic (exact) mass is 488 g/mol. The third-order valence-corrected chi connectivity index (χ3v) is 5.54. The second-order valence-electron chi connectivity index (χ2n) is 7.59. The molecule has 3 aromatic carbocycles. The van der Waals surface area contributed by atoms with E-state index in [1.165, 1.54) is 18.2 Å². The maximum Gasteiger partial charge on any atom is 0.344 e. The normalized spacial score (nSPS) is 11.0. The van der Waals surface area contributed by atoms with Crippen LogP contribution in [0.15, 0.2) is 91.2 Å². The van der Waals surface area contributed by atoms with Gasteiger partial charge in [-0.25, -0.2) is 14.4 Å². The van der Waals surface area contributed by atoms with Crippen molar-refractivity contribution in [3.05, 3.63) is 104 Å². The largest absolute Gasteiger partial charge is 0.490 e. The van der Waals surface area contributed by atoms with E-state index in [1.807, 2.05) is 6.92 Å². The fraction of sp³-hybridized carbons (Fsp3) is 0.0741. The third kappa shape index (κ3) is 4.41. The Bertz CT molecular complexity index is 1720. The molecule has 8 heteroatoms. The standard InChI is InChI=1S/C27H17ClO7/c1-2-32-22-8-4-5-15-12-21(27(31)35-25(15)22)20-14-24(29)34-23-13-18(9-10-19(20)23)33-26(30)16-6-3-7-17(28)11-16/h3-14H,2H2,1H3. The molecule has 2 aromatic heterocycles. The first-order chi connectivity index (χ1) is 16.9. The fourth-order valence-electron chi connectivity index (χ4n) is 3.79. The van der Waals surface area contributed by atoms with Crippen LogP contribution in [0, 0.1) is 0 Å². The Morgan fingerprint density at radius 2 is 1.74 bits per heavy atom. The lowest BCUT2D eigenvalue weighted by Crippen LogP contribution is -2.09. The molecule has 0 fully saturated rings. The van der Waals surface area contributed by atoms with Gasteiger partial charge in [-0.2, -0.15) is 0 Å². The number of hydrogen-bond acceptors (Lipinski definition) is 7. The molecule has 5 aromatic rings. The molecule has 0 amide bonds. The Morgan fingerprint density at radius 1 is 0.914 bits per heavy atom. The number of carbonyl (C=O) groups is 1. The number of para-hydroxylation sites is 1. The van der Waals surface area contributed by atoms with Crippen LogP contribution in [-0.4, -0.2) is 12.6 Å². The molecule has 0 saturated carbocycles. The Balaban J connectivity index is 1.58. The maximum absolute atomic E-state index is 12.9. The number of hydrogen-bond donors (Lipinski definition) is 0. The van der Waals surface area contributed by atoms with Crippen molar-refractivity contribution in [3.63, 3.8) is 0 Å². The molecule has 35 heavy (non-hydrogen) atoms. The zero-order valence-corrected chi connectivity index (χ0v) is 19.1. The van der Waals surface area contributed by atoms with Crippen LogP contribution in [0.2, 0.25) is 5.02 Å². The molecule has 0 aliphatic heterocycles. The molecule has 0 aliphatic carbocycles. The molecule has 0 atom stereocenters. The summed E-state index contributed by atoms with van der Waals surface area (Å²) >= 11 is 5.94. The van der Waals surface area contributed by atoms with Crippen LogP contribution in [0.25, 0.3) is 33.1 Å². The van der Waals surface area contributed by atoms with Gasteiger partial charge in [0.2, 0.25) is 0 Å². The molecule has 0 unspecified atom stereocenters. The van der Waals surface area contributed by atoms with Gasteiger partial charge in [-0.05, 0) is 49.4 Å². The highest BCUT2D eigenvalue weighted by molar-refractivity contribution is 6.30. The van der Waals surface area contributed by atoms with Crippen LogP contribution in [0.4, 0.5) is 0 Å². The molecule has 2 heterocycles. The number of halogens is 1. The average molecular weight is 489 g/mol. The van der Waals surface area contributed by atoms with Gasteiger partial charge >= 0.3 is 17.2 Å². The van der Waals surface area contributed by atoms with Crippen molar-refractivity contribution >= 4 is 39.5 Å². The van der Waals surface area contributed by atoms with Gasteiger partial charge in [-0.3, -0.25) is 0 Å². The molecule has 0 N–H and O–H groups in total. The van der Waals surface area contributed by atoms with Crippen molar-refractivity contribution in [3.8, 4) is 22.6 Å². The Labute approximate surface area is 203 Å².